The number of nitrogens with one attached hydrogen (secondary N) is 1. The molecule has 0 aliphatic heterocycles. The number of hydrogen-bond donors (Lipinski definition) is 1. The number of aryl methyl sites for hydroxylation is 3. The summed E-state index contributed by atoms with van der Waals surface area (Å²) in [6.07, 6.45) is 0.651. The highest BCUT2D eigenvalue weighted by Gasteiger charge is 2.14. The molecule has 0 aliphatic rings. The molecule has 1 aromatic heterocycles. The molecular formula is C26H26ClN3O. The van der Waals surface area contributed by atoms with E-state index in [0.717, 1.165) is 23.4 Å². The predicted octanol–water partition coefficient (Wildman–Crippen LogP) is 5.64. The normalized spacial score (nSPS) is 11.1. The second-order valence-electron chi connectivity index (χ2n) is 7.99. The Hall–Kier alpha value is -3.11. The van der Waals surface area contributed by atoms with Crippen molar-refractivity contribution < 1.29 is 4.79 Å². The molecule has 31 heavy (non-hydrogen) atoms. The molecule has 0 spiro atoms. The number of para-hydroxylation sites is 2. The van der Waals surface area contributed by atoms with Gasteiger partial charge in [0, 0.05) is 30.1 Å². The first-order chi connectivity index (χ1) is 14.9. The van der Waals surface area contributed by atoms with Crippen LogP contribution in [0, 0.1) is 20.8 Å². The molecule has 0 bridgehead atoms. The Labute approximate surface area is 187 Å². The molecule has 0 saturated carbocycles. The first-order valence-corrected chi connectivity index (χ1v) is 10.8. The number of carbonyl (C=O) groups is 1. The molecule has 0 unspecified atom stereocenters. The van der Waals surface area contributed by atoms with Crippen LogP contribution in [0.3, 0.4) is 0 Å². The summed E-state index contributed by atoms with van der Waals surface area (Å²) in [7, 11) is 0. The van der Waals surface area contributed by atoms with Crippen molar-refractivity contribution in [1.82, 2.24) is 14.9 Å². The highest BCUT2D eigenvalue weighted by molar-refractivity contribution is 6.30. The lowest BCUT2D eigenvalue weighted by Gasteiger charge is -2.15. The number of halogens is 1. The minimum atomic E-state index is -0.107. The number of hydrogen-bond acceptors (Lipinski definition) is 2. The van der Waals surface area contributed by atoms with Crippen LogP contribution in [0.4, 0.5) is 0 Å². The lowest BCUT2D eigenvalue weighted by molar-refractivity contribution is 0.0954. The number of rotatable bonds is 6. The third kappa shape index (κ3) is 4.64. The van der Waals surface area contributed by atoms with Gasteiger partial charge in [-0.15, -0.1) is 0 Å². The fourth-order valence-electron chi connectivity index (χ4n) is 4.10. The van der Waals surface area contributed by atoms with E-state index in [9.17, 15) is 4.79 Å². The minimum absolute atomic E-state index is 0.107. The van der Waals surface area contributed by atoms with Crippen molar-refractivity contribution in [2.24, 2.45) is 0 Å². The van der Waals surface area contributed by atoms with E-state index < -0.39 is 0 Å². The number of imidazole rings is 1. The van der Waals surface area contributed by atoms with Crippen molar-refractivity contribution in [2.75, 3.05) is 6.54 Å². The molecular weight excluding hydrogens is 406 g/mol. The molecule has 3 aromatic carbocycles. The maximum atomic E-state index is 12.4. The second-order valence-corrected chi connectivity index (χ2v) is 8.43. The summed E-state index contributed by atoms with van der Waals surface area (Å²) in [5.74, 6) is 0.863. The van der Waals surface area contributed by atoms with Crippen molar-refractivity contribution in [1.29, 1.82) is 0 Å². The van der Waals surface area contributed by atoms with Gasteiger partial charge in [-0.25, -0.2) is 4.98 Å². The van der Waals surface area contributed by atoms with Crippen molar-refractivity contribution in [3.05, 3.63) is 99.3 Å². The first-order valence-electron chi connectivity index (χ1n) is 10.5. The smallest absolute Gasteiger partial charge is 0.251 e. The molecule has 1 heterocycles. The molecule has 5 heteroatoms. The largest absolute Gasteiger partial charge is 0.352 e. The third-order valence-electron chi connectivity index (χ3n) is 5.63. The fourth-order valence-corrected chi connectivity index (χ4v) is 4.23. The van der Waals surface area contributed by atoms with Gasteiger partial charge in [0.2, 0.25) is 0 Å². The highest BCUT2D eigenvalue weighted by atomic mass is 35.5. The number of fused-ring (bicyclic) bond motifs is 1. The number of amides is 1. The van der Waals surface area contributed by atoms with Gasteiger partial charge in [0.1, 0.15) is 5.82 Å². The van der Waals surface area contributed by atoms with Gasteiger partial charge in [0.25, 0.3) is 5.91 Å². The monoisotopic (exact) mass is 431 g/mol. The van der Waals surface area contributed by atoms with Crippen molar-refractivity contribution in [3.8, 4) is 0 Å². The van der Waals surface area contributed by atoms with Gasteiger partial charge < -0.3 is 9.88 Å². The maximum Gasteiger partial charge on any atom is 0.251 e. The molecule has 0 saturated heterocycles. The molecule has 4 nitrogen and oxygen atoms in total. The maximum absolute atomic E-state index is 12.4. The van der Waals surface area contributed by atoms with E-state index in [1.165, 1.54) is 22.3 Å². The second kappa shape index (κ2) is 8.94. The Morgan fingerprint density at radius 3 is 2.39 bits per heavy atom. The molecule has 0 aliphatic carbocycles. The van der Waals surface area contributed by atoms with Gasteiger partial charge in [0.15, 0.2) is 0 Å². The van der Waals surface area contributed by atoms with Gasteiger partial charge in [-0.2, -0.15) is 0 Å². The Morgan fingerprint density at radius 2 is 1.68 bits per heavy atom. The van der Waals surface area contributed by atoms with Crippen LogP contribution >= 0.6 is 11.6 Å². The van der Waals surface area contributed by atoms with E-state index in [1.54, 1.807) is 24.3 Å². The zero-order valence-electron chi connectivity index (χ0n) is 18.1. The van der Waals surface area contributed by atoms with E-state index in [1.807, 2.05) is 18.2 Å². The van der Waals surface area contributed by atoms with Crippen LogP contribution in [0.1, 0.15) is 38.4 Å². The standard InChI is InChI=1S/C26H26ClN3O/c1-17-14-18(2)22(19(3)15-17)16-30-24-7-5-4-6-23(24)29-25(30)12-13-28-26(31)20-8-10-21(27)11-9-20/h4-11,14-15H,12-13,16H2,1-3H3,(H,28,31). The minimum Gasteiger partial charge on any atom is -0.352 e. The number of benzene rings is 3. The molecule has 0 atom stereocenters. The molecule has 1 N–H and O–H groups in total. The Morgan fingerprint density at radius 1 is 1.00 bits per heavy atom. The Kier molecular flexibility index (Phi) is 6.10. The van der Waals surface area contributed by atoms with E-state index >= 15 is 0 Å². The zero-order chi connectivity index (χ0) is 22.0. The van der Waals surface area contributed by atoms with E-state index in [0.29, 0.717) is 23.6 Å². The van der Waals surface area contributed by atoms with Crippen molar-refractivity contribution >= 4 is 28.5 Å². The quantitative estimate of drug-likeness (QED) is 0.429. The third-order valence-corrected chi connectivity index (χ3v) is 5.88. The summed E-state index contributed by atoms with van der Waals surface area (Å²) in [6, 6.07) is 19.6. The number of nitrogens with zero attached hydrogens (tertiary/aromatic N) is 2. The molecule has 0 radical (unpaired) electrons. The lowest BCUT2D eigenvalue weighted by atomic mass is 9.99. The van der Waals surface area contributed by atoms with Gasteiger partial charge in [-0.1, -0.05) is 41.4 Å². The predicted molar refractivity (Wildman–Crippen MR) is 127 cm³/mol. The number of carbonyl (C=O) groups excluding carboxylic acids is 1. The molecule has 158 valence electrons. The lowest BCUT2D eigenvalue weighted by Crippen LogP contribution is -2.26. The van der Waals surface area contributed by atoms with E-state index in [4.69, 9.17) is 16.6 Å². The zero-order valence-corrected chi connectivity index (χ0v) is 18.8. The van der Waals surface area contributed by atoms with Crippen LogP contribution in [0.5, 0.6) is 0 Å². The van der Waals surface area contributed by atoms with Crippen LogP contribution in [0.15, 0.2) is 60.7 Å². The topological polar surface area (TPSA) is 46.9 Å². The van der Waals surface area contributed by atoms with Gasteiger partial charge in [-0.05, 0) is 73.9 Å². The summed E-state index contributed by atoms with van der Waals surface area (Å²) >= 11 is 5.91. The summed E-state index contributed by atoms with van der Waals surface area (Å²) in [6.45, 7) is 7.74. The summed E-state index contributed by atoms with van der Waals surface area (Å²) in [4.78, 5) is 17.3. The highest BCUT2D eigenvalue weighted by Crippen LogP contribution is 2.23. The Bertz CT molecular complexity index is 1220. The average molecular weight is 432 g/mol. The summed E-state index contributed by atoms with van der Waals surface area (Å²) in [5.41, 5.74) is 7.86. The van der Waals surface area contributed by atoms with Crippen LogP contribution in [-0.2, 0) is 13.0 Å². The van der Waals surface area contributed by atoms with Crippen LogP contribution in [0.2, 0.25) is 5.02 Å². The van der Waals surface area contributed by atoms with Gasteiger partial charge >= 0.3 is 0 Å². The molecule has 1 amide bonds. The van der Waals surface area contributed by atoms with Crippen molar-refractivity contribution in [2.45, 2.75) is 33.7 Å². The van der Waals surface area contributed by atoms with E-state index in [-0.39, 0.29) is 5.91 Å². The molecule has 4 rings (SSSR count). The van der Waals surface area contributed by atoms with Gasteiger partial charge in [0.05, 0.1) is 11.0 Å². The van der Waals surface area contributed by atoms with E-state index in [2.05, 4.69) is 48.9 Å². The van der Waals surface area contributed by atoms with Gasteiger partial charge in [-0.3, -0.25) is 4.79 Å². The SMILES string of the molecule is Cc1cc(C)c(Cn2c(CCNC(=O)c3ccc(Cl)cc3)nc3ccccc32)c(C)c1. The summed E-state index contributed by atoms with van der Waals surface area (Å²) < 4.78 is 2.27. The molecule has 4 aromatic rings. The Balaban J connectivity index is 1.57. The molecule has 0 fully saturated rings. The van der Waals surface area contributed by atoms with Crippen LogP contribution < -0.4 is 5.32 Å². The van der Waals surface area contributed by atoms with Crippen molar-refractivity contribution in [3.63, 3.8) is 0 Å². The first kappa shape index (κ1) is 21.1. The average Bonchev–Trinajstić information content (AvgIpc) is 3.08. The summed E-state index contributed by atoms with van der Waals surface area (Å²) in [5, 5.41) is 3.61. The van der Waals surface area contributed by atoms with Crippen LogP contribution in [-0.4, -0.2) is 22.0 Å². The van der Waals surface area contributed by atoms with Crippen LogP contribution in [0.25, 0.3) is 11.0 Å². The number of aromatic nitrogens is 2. The fraction of sp³-hybridized carbons (Fsp3) is 0.231.